The van der Waals surface area contributed by atoms with Gasteiger partial charge in [0.05, 0.1) is 0 Å². The fourth-order valence-corrected chi connectivity index (χ4v) is 2.47. The molecule has 1 aliphatic rings. The smallest absolute Gasteiger partial charge is 0.157 e. The third kappa shape index (κ3) is 1.70. The van der Waals surface area contributed by atoms with E-state index >= 15 is 0 Å². The van der Waals surface area contributed by atoms with E-state index in [9.17, 15) is 4.79 Å². The molecule has 2 rings (SSSR count). The summed E-state index contributed by atoms with van der Waals surface area (Å²) in [6, 6.07) is 10.1. The van der Waals surface area contributed by atoms with Crippen molar-refractivity contribution in [2.24, 2.45) is 0 Å². The molecule has 2 nitrogen and oxygen atoms in total. The Bertz CT molecular complexity index is 347. The Kier molecular flexibility index (Phi) is 2.87. The molecule has 0 aliphatic heterocycles. The van der Waals surface area contributed by atoms with Gasteiger partial charge in [-0.25, -0.2) is 0 Å². The van der Waals surface area contributed by atoms with Crippen LogP contribution in [-0.4, -0.2) is 12.8 Å². The number of hydrogen-bond donors (Lipinski definition) is 1. The minimum absolute atomic E-state index is 0.336. The second kappa shape index (κ2) is 4.15. The van der Waals surface area contributed by atoms with Crippen LogP contribution in [0.3, 0.4) is 0 Å². The van der Waals surface area contributed by atoms with Gasteiger partial charge >= 0.3 is 0 Å². The molecule has 0 heterocycles. The first-order valence-corrected chi connectivity index (χ1v) is 5.57. The quantitative estimate of drug-likeness (QED) is 0.798. The van der Waals surface area contributed by atoms with Crippen LogP contribution < -0.4 is 5.32 Å². The average molecular weight is 203 g/mol. The maximum atomic E-state index is 12.1. The number of hydrogen-bond acceptors (Lipinski definition) is 2. The summed E-state index contributed by atoms with van der Waals surface area (Å²) in [5.74, 6) is 0.336. The first-order valence-electron chi connectivity index (χ1n) is 5.57. The van der Waals surface area contributed by atoms with E-state index in [1.165, 1.54) is 0 Å². The number of carbonyl (C=O) groups is 1. The van der Waals surface area contributed by atoms with E-state index in [1.54, 1.807) is 0 Å². The summed E-state index contributed by atoms with van der Waals surface area (Å²) in [5, 5.41) is 3.23. The Balaban J connectivity index is 2.40. The average Bonchev–Trinajstić information content (AvgIpc) is 2.31. The number of rotatable bonds is 2. The molecule has 1 fully saturated rings. The van der Waals surface area contributed by atoms with Gasteiger partial charge in [0, 0.05) is 6.42 Å². The predicted octanol–water partition coefficient (Wildman–Crippen LogP) is 2.24. The standard InChI is InChI=1S/C13H17NO/c1-14-13(10-6-5-9-12(13)15)11-7-3-2-4-8-11/h2-4,7-8,14H,5-6,9-10H2,1H3/t13-/m0/s1. The highest BCUT2D eigenvalue weighted by Gasteiger charge is 2.39. The minimum Gasteiger partial charge on any atom is -0.304 e. The molecule has 2 heteroatoms. The molecule has 0 amide bonds. The van der Waals surface area contributed by atoms with E-state index in [0.29, 0.717) is 12.2 Å². The highest BCUT2D eigenvalue weighted by Crippen LogP contribution is 2.33. The SMILES string of the molecule is CN[C@]1(c2ccccc2)CCCCC1=O. The topological polar surface area (TPSA) is 29.1 Å². The third-order valence-electron chi connectivity index (χ3n) is 3.37. The molecule has 0 saturated heterocycles. The number of carbonyl (C=O) groups excluding carboxylic acids is 1. The Labute approximate surface area is 90.7 Å². The molecule has 80 valence electrons. The number of likely N-dealkylation sites (N-methyl/N-ethyl adjacent to an activating group) is 1. The van der Waals surface area contributed by atoms with Crippen LogP contribution in [0.25, 0.3) is 0 Å². The van der Waals surface area contributed by atoms with Crippen molar-refractivity contribution < 1.29 is 4.79 Å². The molecular formula is C13H17NO. The van der Waals surface area contributed by atoms with Crippen LogP contribution in [0.15, 0.2) is 30.3 Å². The zero-order chi connectivity index (χ0) is 10.7. The van der Waals surface area contributed by atoms with E-state index in [0.717, 1.165) is 24.8 Å². The lowest BCUT2D eigenvalue weighted by atomic mass is 9.76. The molecule has 0 unspecified atom stereocenters. The Morgan fingerprint density at radius 3 is 2.53 bits per heavy atom. The van der Waals surface area contributed by atoms with Gasteiger partial charge in [-0.15, -0.1) is 0 Å². The number of ketones is 1. The zero-order valence-electron chi connectivity index (χ0n) is 9.12. The Morgan fingerprint density at radius 1 is 1.20 bits per heavy atom. The molecular weight excluding hydrogens is 186 g/mol. The van der Waals surface area contributed by atoms with Crippen molar-refractivity contribution in [3.05, 3.63) is 35.9 Å². The minimum atomic E-state index is -0.417. The van der Waals surface area contributed by atoms with Crippen LogP contribution in [-0.2, 0) is 10.3 Å². The van der Waals surface area contributed by atoms with Crippen LogP contribution in [0, 0.1) is 0 Å². The lowest BCUT2D eigenvalue weighted by Gasteiger charge is -2.36. The van der Waals surface area contributed by atoms with Crippen molar-refractivity contribution in [2.45, 2.75) is 31.2 Å². The van der Waals surface area contributed by atoms with Gasteiger partial charge in [0.2, 0.25) is 0 Å². The summed E-state index contributed by atoms with van der Waals surface area (Å²) in [5.41, 5.74) is 0.691. The van der Waals surface area contributed by atoms with Crippen molar-refractivity contribution in [1.82, 2.24) is 5.32 Å². The maximum absolute atomic E-state index is 12.1. The summed E-state index contributed by atoms with van der Waals surface area (Å²) in [6.45, 7) is 0. The highest BCUT2D eigenvalue weighted by molar-refractivity contribution is 5.90. The van der Waals surface area contributed by atoms with Crippen molar-refractivity contribution in [2.75, 3.05) is 7.05 Å². The fraction of sp³-hybridized carbons (Fsp3) is 0.462. The Hall–Kier alpha value is -1.15. The van der Waals surface area contributed by atoms with Crippen LogP contribution in [0.1, 0.15) is 31.2 Å². The van der Waals surface area contributed by atoms with Gasteiger partial charge in [-0.05, 0) is 25.5 Å². The summed E-state index contributed by atoms with van der Waals surface area (Å²) in [7, 11) is 1.89. The van der Waals surface area contributed by atoms with E-state index < -0.39 is 5.54 Å². The van der Waals surface area contributed by atoms with Gasteiger partial charge in [0.15, 0.2) is 5.78 Å². The van der Waals surface area contributed by atoms with Crippen molar-refractivity contribution >= 4 is 5.78 Å². The fourth-order valence-electron chi connectivity index (χ4n) is 2.47. The monoisotopic (exact) mass is 203 g/mol. The third-order valence-corrected chi connectivity index (χ3v) is 3.37. The largest absolute Gasteiger partial charge is 0.304 e. The van der Waals surface area contributed by atoms with E-state index in [-0.39, 0.29) is 0 Å². The van der Waals surface area contributed by atoms with Gasteiger partial charge in [0.25, 0.3) is 0 Å². The van der Waals surface area contributed by atoms with Crippen LogP contribution >= 0.6 is 0 Å². The second-order valence-corrected chi connectivity index (χ2v) is 4.15. The second-order valence-electron chi connectivity index (χ2n) is 4.15. The number of Topliss-reactive ketones (excluding diaryl/α,β-unsaturated/α-hetero) is 1. The number of nitrogens with one attached hydrogen (secondary N) is 1. The van der Waals surface area contributed by atoms with E-state index in [1.807, 2.05) is 37.4 Å². The first kappa shape index (κ1) is 10.4. The maximum Gasteiger partial charge on any atom is 0.157 e. The van der Waals surface area contributed by atoms with Gasteiger partial charge in [-0.1, -0.05) is 36.8 Å². The lowest BCUT2D eigenvalue weighted by molar-refractivity contribution is -0.127. The molecule has 1 aliphatic carbocycles. The lowest BCUT2D eigenvalue weighted by Crippen LogP contribution is -2.49. The summed E-state index contributed by atoms with van der Waals surface area (Å²) < 4.78 is 0. The molecule has 0 spiro atoms. The Morgan fingerprint density at radius 2 is 1.93 bits per heavy atom. The van der Waals surface area contributed by atoms with Gasteiger partial charge in [-0.2, -0.15) is 0 Å². The van der Waals surface area contributed by atoms with Gasteiger partial charge in [0.1, 0.15) is 5.54 Å². The molecule has 0 aromatic heterocycles. The van der Waals surface area contributed by atoms with Crippen molar-refractivity contribution in [3.8, 4) is 0 Å². The van der Waals surface area contributed by atoms with E-state index in [4.69, 9.17) is 0 Å². The summed E-state index contributed by atoms with van der Waals surface area (Å²) in [4.78, 5) is 12.1. The van der Waals surface area contributed by atoms with Gasteiger partial charge in [-0.3, -0.25) is 4.79 Å². The molecule has 1 aromatic carbocycles. The molecule has 1 atom stereocenters. The summed E-state index contributed by atoms with van der Waals surface area (Å²) >= 11 is 0. The predicted molar refractivity (Wildman–Crippen MR) is 60.7 cm³/mol. The highest BCUT2D eigenvalue weighted by atomic mass is 16.1. The molecule has 0 bridgehead atoms. The van der Waals surface area contributed by atoms with Crippen LogP contribution in [0.4, 0.5) is 0 Å². The molecule has 1 saturated carbocycles. The molecule has 0 radical (unpaired) electrons. The molecule has 15 heavy (non-hydrogen) atoms. The molecule has 1 N–H and O–H groups in total. The van der Waals surface area contributed by atoms with Crippen molar-refractivity contribution in [3.63, 3.8) is 0 Å². The van der Waals surface area contributed by atoms with Gasteiger partial charge < -0.3 is 5.32 Å². The zero-order valence-corrected chi connectivity index (χ0v) is 9.12. The normalized spacial score (nSPS) is 26.6. The summed E-state index contributed by atoms with van der Waals surface area (Å²) in [6.07, 6.45) is 3.79. The number of benzene rings is 1. The van der Waals surface area contributed by atoms with Crippen LogP contribution in [0.5, 0.6) is 0 Å². The van der Waals surface area contributed by atoms with E-state index in [2.05, 4.69) is 5.32 Å². The molecule has 1 aromatic rings. The van der Waals surface area contributed by atoms with Crippen LogP contribution in [0.2, 0.25) is 0 Å². The van der Waals surface area contributed by atoms with Crippen molar-refractivity contribution in [1.29, 1.82) is 0 Å². The first-order chi connectivity index (χ1) is 7.29.